The molecule has 0 unspecified atom stereocenters. The number of nitrogens with zero attached hydrogens (tertiary/aromatic N) is 2. The van der Waals surface area contributed by atoms with Crippen LogP contribution < -0.4 is 5.32 Å². The van der Waals surface area contributed by atoms with E-state index in [1.165, 1.54) is 18.3 Å². The van der Waals surface area contributed by atoms with E-state index in [0.29, 0.717) is 0 Å². The van der Waals surface area contributed by atoms with Crippen molar-refractivity contribution in [2.75, 3.05) is 5.32 Å². The van der Waals surface area contributed by atoms with Crippen LogP contribution in [-0.4, -0.2) is 15.8 Å². The standard InChI is InChI=1S/C8H7N3O3/c1-2-7(12)10-8-6(11(13)14)4-3-5-9-8/h2-5H,1H2,(H,9,10,12). The molecule has 0 atom stereocenters. The van der Waals surface area contributed by atoms with Crippen molar-refractivity contribution in [2.24, 2.45) is 0 Å². The van der Waals surface area contributed by atoms with Gasteiger partial charge in [-0.3, -0.25) is 14.9 Å². The Labute approximate surface area is 79.4 Å². The van der Waals surface area contributed by atoms with Crippen molar-refractivity contribution >= 4 is 17.4 Å². The maximum absolute atomic E-state index is 10.9. The van der Waals surface area contributed by atoms with E-state index in [9.17, 15) is 14.9 Å². The fourth-order valence-corrected chi connectivity index (χ4v) is 0.808. The van der Waals surface area contributed by atoms with Crippen molar-refractivity contribution in [1.29, 1.82) is 0 Å². The van der Waals surface area contributed by atoms with Crippen molar-refractivity contribution < 1.29 is 9.72 Å². The molecule has 14 heavy (non-hydrogen) atoms. The topological polar surface area (TPSA) is 85.1 Å². The van der Waals surface area contributed by atoms with Crippen LogP contribution in [-0.2, 0) is 4.79 Å². The summed E-state index contributed by atoms with van der Waals surface area (Å²) in [5.74, 6) is -0.616. The summed E-state index contributed by atoms with van der Waals surface area (Å²) in [5, 5.41) is 12.7. The molecule has 72 valence electrons. The SMILES string of the molecule is C=CC(=O)Nc1ncccc1[N+](=O)[O-]. The van der Waals surface area contributed by atoms with Crippen molar-refractivity contribution in [3.8, 4) is 0 Å². The van der Waals surface area contributed by atoms with E-state index < -0.39 is 10.8 Å². The van der Waals surface area contributed by atoms with Crippen molar-refractivity contribution in [2.45, 2.75) is 0 Å². The van der Waals surface area contributed by atoms with Gasteiger partial charge < -0.3 is 5.32 Å². The maximum Gasteiger partial charge on any atom is 0.311 e. The lowest BCUT2D eigenvalue weighted by Gasteiger charge is -2.00. The Balaban J connectivity index is 3.01. The van der Waals surface area contributed by atoms with E-state index in [-0.39, 0.29) is 11.5 Å². The predicted molar refractivity (Wildman–Crippen MR) is 49.7 cm³/mol. The van der Waals surface area contributed by atoms with Gasteiger partial charge in [-0.1, -0.05) is 6.58 Å². The quantitative estimate of drug-likeness (QED) is 0.442. The molecule has 0 fully saturated rings. The molecule has 0 aliphatic heterocycles. The van der Waals surface area contributed by atoms with Gasteiger partial charge in [0, 0.05) is 12.3 Å². The molecular weight excluding hydrogens is 186 g/mol. The summed E-state index contributed by atoms with van der Waals surface area (Å²) in [7, 11) is 0. The van der Waals surface area contributed by atoms with E-state index in [1.807, 2.05) is 0 Å². The molecule has 0 bridgehead atoms. The molecule has 6 nitrogen and oxygen atoms in total. The molecule has 0 saturated heterocycles. The van der Waals surface area contributed by atoms with Gasteiger partial charge in [-0.25, -0.2) is 4.98 Å². The highest BCUT2D eigenvalue weighted by molar-refractivity contribution is 5.99. The lowest BCUT2D eigenvalue weighted by Crippen LogP contribution is -2.10. The summed E-state index contributed by atoms with van der Waals surface area (Å²) in [4.78, 5) is 24.4. The molecule has 1 amide bonds. The second-order valence-electron chi connectivity index (χ2n) is 2.32. The van der Waals surface area contributed by atoms with Gasteiger partial charge in [-0.15, -0.1) is 0 Å². The molecule has 0 aliphatic rings. The minimum atomic E-state index is -0.619. The molecule has 0 radical (unpaired) electrons. The molecule has 6 heteroatoms. The smallest absolute Gasteiger partial charge is 0.301 e. The Morgan fingerprint density at radius 1 is 1.71 bits per heavy atom. The van der Waals surface area contributed by atoms with Crippen LogP contribution in [0.4, 0.5) is 11.5 Å². The zero-order valence-electron chi connectivity index (χ0n) is 7.14. The van der Waals surface area contributed by atoms with Gasteiger partial charge >= 0.3 is 5.69 Å². The highest BCUT2D eigenvalue weighted by atomic mass is 16.6. The van der Waals surface area contributed by atoms with Crippen LogP contribution in [0, 0.1) is 10.1 Å². The Bertz CT molecular complexity index is 389. The molecule has 1 rings (SSSR count). The van der Waals surface area contributed by atoms with Gasteiger partial charge in [0.05, 0.1) is 4.92 Å². The maximum atomic E-state index is 10.9. The normalized spacial score (nSPS) is 9.14. The van der Waals surface area contributed by atoms with Crippen LogP contribution in [0.25, 0.3) is 0 Å². The number of hydrogen-bond acceptors (Lipinski definition) is 4. The number of aromatic nitrogens is 1. The van der Waals surface area contributed by atoms with Crippen molar-refractivity contribution in [3.05, 3.63) is 41.1 Å². The number of hydrogen-bond donors (Lipinski definition) is 1. The fraction of sp³-hybridized carbons (Fsp3) is 0. The van der Waals surface area contributed by atoms with E-state index >= 15 is 0 Å². The summed E-state index contributed by atoms with van der Waals surface area (Å²) in [6.45, 7) is 3.22. The molecule has 0 aliphatic carbocycles. The van der Waals surface area contributed by atoms with Gasteiger partial charge in [-0.2, -0.15) is 0 Å². The molecule has 1 N–H and O–H groups in total. The summed E-state index contributed by atoms with van der Waals surface area (Å²) in [5.41, 5.74) is -0.247. The third-order valence-electron chi connectivity index (χ3n) is 1.41. The van der Waals surface area contributed by atoms with Crippen molar-refractivity contribution in [1.82, 2.24) is 4.98 Å². The number of amides is 1. The van der Waals surface area contributed by atoms with Crippen LogP contribution in [0.1, 0.15) is 0 Å². The van der Waals surface area contributed by atoms with E-state index in [2.05, 4.69) is 16.9 Å². The highest BCUT2D eigenvalue weighted by Crippen LogP contribution is 2.19. The number of anilines is 1. The molecule has 1 aromatic heterocycles. The Morgan fingerprint density at radius 3 is 3.00 bits per heavy atom. The van der Waals surface area contributed by atoms with Crippen LogP contribution in [0.5, 0.6) is 0 Å². The first-order valence-electron chi connectivity index (χ1n) is 3.68. The van der Waals surface area contributed by atoms with E-state index in [4.69, 9.17) is 0 Å². The second kappa shape index (κ2) is 4.13. The number of pyridine rings is 1. The highest BCUT2D eigenvalue weighted by Gasteiger charge is 2.14. The zero-order valence-corrected chi connectivity index (χ0v) is 7.14. The molecule has 0 aromatic carbocycles. The van der Waals surface area contributed by atoms with Gasteiger partial charge in [0.1, 0.15) is 0 Å². The summed E-state index contributed by atoms with van der Waals surface area (Å²) >= 11 is 0. The van der Waals surface area contributed by atoms with Gasteiger partial charge in [0.15, 0.2) is 0 Å². The third-order valence-corrected chi connectivity index (χ3v) is 1.41. The summed E-state index contributed by atoms with van der Waals surface area (Å²) < 4.78 is 0. The first kappa shape index (κ1) is 9.85. The minimum Gasteiger partial charge on any atom is -0.301 e. The van der Waals surface area contributed by atoms with Gasteiger partial charge in [0.25, 0.3) is 0 Å². The van der Waals surface area contributed by atoms with Crippen LogP contribution >= 0.6 is 0 Å². The minimum absolute atomic E-state index is 0.0811. The van der Waals surface area contributed by atoms with Crippen molar-refractivity contribution in [3.63, 3.8) is 0 Å². The first-order valence-corrected chi connectivity index (χ1v) is 3.68. The predicted octanol–water partition coefficient (Wildman–Crippen LogP) is 1.11. The third kappa shape index (κ3) is 2.13. The second-order valence-corrected chi connectivity index (χ2v) is 2.32. The average molecular weight is 193 g/mol. The molecule has 1 aromatic rings. The lowest BCUT2D eigenvalue weighted by atomic mass is 10.4. The molecular formula is C8H7N3O3. The fourth-order valence-electron chi connectivity index (χ4n) is 0.808. The number of rotatable bonds is 3. The molecule has 0 saturated carbocycles. The summed E-state index contributed by atoms with van der Waals surface area (Å²) in [6.07, 6.45) is 2.37. The monoisotopic (exact) mass is 193 g/mol. The number of nitrogens with one attached hydrogen (secondary N) is 1. The van der Waals surface area contributed by atoms with Crippen LogP contribution in [0.15, 0.2) is 31.0 Å². The van der Waals surface area contributed by atoms with E-state index in [1.54, 1.807) is 0 Å². The Kier molecular flexibility index (Phi) is 2.90. The zero-order chi connectivity index (χ0) is 10.6. The molecule has 1 heterocycles. The number of nitro groups is 1. The van der Waals surface area contributed by atoms with Gasteiger partial charge in [-0.05, 0) is 12.1 Å². The number of carbonyl (C=O) groups is 1. The molecule has 0 spiro atoms. The summed E-state index contributed by atoms with van der Waals surface area (Å²) in [6, 6.07) is 2.67. The van der Waals surface area contributed by atoms with E-state index in [0.717, 1.165) is 6.08 Å². The van der Waals surface area contributed by atoms with Gasteiger partial charge in [0.2, 0.25) is 11.7 Å². The lowest BCUT2D eigenvalue weighted by molar-refractivity contribution is -0.384. The Morgan fingerprint density at radius 2 is 2.43 bits per heavy atom. The van der Waals surface area contributed by atoms with Crippen LogP contribution in [0.2, 0.25) is 0 Å². The Hall–Kier alpha value is -2.24. The average Bonchev–Trinajstić information content (AvgIpc) is 2.18. The number of carbonyl (C=O) groups excluding carboxylic acids is 1. The van der Waals surface area contributed by atoms with Crippen LogP contribution in [0.3, 0.4) is 0 Å². The first-order chi connectivity index (χ1) is 6.65. The largest absolute Gasteiger partial charge is 0.311 e.